The van der Waals surface area contributed by atoms with Crippen LogP contribution >= 0.6 is 0 Å². The fraction of sp³-hybridized carbons (Fsp3) is 0.750. The molecular weight excluding hydrogens is 282 g/mol. The molecule has 0 aliphatic carbocycles. The lowest BCUT2D eigenvalue weighted by Gasteiger charge is -2.37. The number of rotatable bonds is 4. The fourth-order valence-corrected chi connectivity index (χ4v) is 4.14. The van der Waals surface area contributed by atoms with Crippen LogP contribution in [0.15, 0.2) is 18.3 Å². The topological polar surface area (TPSA) is 19.4 Å². The second-order valence-electron chi connectivity index (χ2n) is 7.75. The van der Waals surface area contributed by atoms with Crippen molar-refractivity contribution in [1.29, 1.82) is 0 Å². The number of anilines is 1. The molecule has 3 rings (SSSR count). The quantitative estimate of drug-likeness (QED) is 0.806. The Balaban J connectivity index is 1.69. The van der Waals surface area contributed by atoms with Crippen LogP contribution in [0.5, 0.6) is 0 Å². The van der Waals surface area contributed by atoms with E-state index >= 15 is 0 Å². The van der Waals surface area contributed by atoms with Gasteiger partial charge in [0, 0.05) is 31.9 Å². The van der Waals surface area contributed by atoms with Crippen molar-refractivity contribution >= 4 is 5.82 Å². The van der Waals surface area contributed by atoms with Crippen molar-refractivity contribution in [3.8, 4) is 0 Å². The lowest BCUT2D eigenvalue weighted by atomic mass is 9.95. The molecule has 0 radical (unpaired) electrons. The van der Waals surface area contributed by atoms with Crippen LogP contribution in [0, 0.1) is 5.92 Å². The Morgan fingerprint density at radius 1 is 1.00 bits per heavy atom. The van der Waals surface area contributed by atoms with Gasteiger partial charge in [-0.2, -0.15) is 0 Å². The van der Waals surface area contributed by atoms with E-state index in [1.54, 1.807) is 0 Å². The second kappa shape index (κ2) is 8.14. The molecule has 0 bridgehead atoms. The third kappa shape index (κ3) is 4.47. The highest BCUT2D eigenvalue weighted by atomic mass is 15.2. The largest absolute Gasteiger partial charge is 0.357 e. The molecule has 1 aromatic rings. The van der Waals surface area contributed by atoms with Crippen molar-refractivity contribution in [1.82, 2.24) is 9.88 Å². The molecular formula is C20H33N3. The molecule has 3 nitrogen and oxygen atoms in total. The van der Waals surface area contributed by atoms with Crippen molar-refractivity contribution in [3.05, 3.63) is 23.9 Å². The predicted molar refractivity (Wildman–Crippen MR) is 97.9 cm³/mol. The first kappa shape index (κ1) is 16.8. The first-order valence-electron chi connectivity index (χ1n) is 9.69. The van der Waals surface area contributed by atoms with Crippen LogP contribution in [0.2, 0.25) is 0 Å². The standard InChI is InChI=1S/C20H33N3/c1-17(2)16-23-14-8-5-9-19(23)18-10-11-20(21-15-18)22-12-6-3-4-7-13-22/h10-11,15,17,19H,3-9,12-14,16H2,1-2H3/t19-/m1/s1. The van der Waals surface area contributed by atoms with Crippen LogP contribution in [0.1, 0.15) is 70.4 Å². The van der Waals surface area contributed by atoms with Crippen LogP contribution in [-0.4, -0.2) is 36.1 Å². The van der Waals surface area contributed by atoms with Gasteiger partial charge in [0.15, 0.2) is 0 Å². The molecule has 0 unspecified atom stereocenters. The number of pyridine rings is 1. The van der Waals surface area contributed by atoms with Gasteiger partial charge in [0.1, 0.15) is 5.82 Å². The van der Waals surface area contributed by atoms with Gasteiger partial charge in [-0.05, 0) is 49.8 Å². The molecule has 2 aliphatic rings. The summed E-state index contributed by atoms with van der Waals surface area (Å²) in [4.78, 5) is 9.99. The molecule has 0 aromatic carbocycles. The molecule has 1 aromatic heterocycles. The number of hydrogen-bond donors (Lipinski definition) is 0. The van der Waals surface area contributed by atoms with Gasteiger partial charge in [0.25, 0.3) is 0 Å². The van der Waals surface area contributed by atoms with E-state index in [1.807, 2.05) is 0 Å². The molecule has 0 N–H and O–H groups in total. The lowest BCUT2D eigenvalue weighted by molar-refractivity contribution is 0.132. The summed E-state index contributed by atoms with van der Waals surface area (Å²) in [5, 5.41) is 0. The van der Waals surface area contributed by atoms with Crippen molar-refractivity contribution in [2.24, 2.45) is 5.92 Å². The van der Waals surface area contributed by atoms with Crippen molar-refractivity contribution in [2.45, 2.75) is 64.8 Å². The zero-order valence-corrected chi connectivity index (χ0v) is 15.0. The van der Waals surface area contributed by atoms with Gasteiger partial charge in [0.05, 0.1) is 0 Å². The van der Waals surface area contributed by atoms with E-state index in [0.29, 0.717) is 6.04 Å². The monoisotopic (exact) mass is 315 g/mol. The average molecular weight is 316 g/mol. The van der Waals surface area contributed by atoms with Gasteiger partial charge in [-0.3, -0.25) is 4.90 Å². The summed E-state index contributed by atoms with van der Waals surface area (Å²) in [5.41, 5.74) is 1.42. The van der Waals surface area contributed by atoms with Crippen molar-refractivity contribution in [3.63, 3.8) is 0 Å². The number of likely N-dealkylation sites (tertiary alicyclic amines) is 1. The summed E-state index contributed by atoms with van der Waals surface area (Å²) < 4.78 is 0. The molecule has 3 heterocycles. The molecule has 0 amide bonds. The summed E-state index contributed by atoms with van der Waals surface area (Å²) in [5.74, 6) is 1.92. The van der Waals surface area contributed by atoms with Gasteiger partial charge < -0.3 is 4.90 Å². The minimum atomic E-state index is 0.580. The fourth-order valence-electron chi connectivity index (χ4n) is 4.14. The first-order chi connectivity index (χ1) is 11.2. The maximum atomic E-state index is 4.83. The highest BCUT2D eigenvalue weighted by molar-refractivity contribution is 5.40. The predicted octanol–water partition coefficient (Wildman–Crippen LogP) is 4.65. The van der Waals surface area contributed by atoms with Crippen LogP contribution in [0.25, 0.3) is 0 Å². The van der Waals surface area contributed by atoms with E-state index in [0.717, 1.165) is 5.92 Å². The van der Waals surface area contributed by atoms with Crippen molar-refractivity contribution in [2.75, 3.05) is 31.1 Å². The summed E-state index contributed by atoms with van der Waals surface area (Å²) in [6.07, 6.45) is 11.5. The highest BCUT2D eigenvalue weighted by Gasteiger charge is 2.24. The van der Waals surface area contributed by atoms with Crippen LogP contribution in [0.4, 0.5) is 5.82 Å². The van der Waals surface area contributed by atoms with Gasteiger partial charge in [-0.1, -0.05) is 39.2 Å². The second-order valence-corrected chi connectivity index (χ2v) is 7.75. The van der Waals surface area contributed by atoms with E-state index in [4.69, 9.17) is 4.98 Å². The summed E-state index contributed by atoms with van der Waals surface area (Å²) in [6, 6.07) is 5.19. The number of nitrogens with zero attached hydrogens (tertiary/aromatic N) is 3. The molecule has 2 fully saturated rings. The Hall–Kier alpha value is -1.09. The van der Waals surface area contributed by atoms with Crippen molar-refractivity contribution < 1.29 is 0 Å². The Morgan fingerprint density at radius 2 is 1.74 bits per heavy atom. The minimum Gasteiger partial charge on any atom is -0.357 e. The van der Waals surface area contributed by atoms with E-state index < -0.39 is 0 Å². The van der Waals surface area contributed by atoms with E-state index in [9.17, 15) is 0 Å². The van der Waals surface area contributed by atoms with E-state index in [2.05, 4.69) is 42.0 Å². The van der Waals surface area contributed by atoms with Crippen LogP contribution in [-0.2, 0) is 0 Å². The zero-order chi connectivity index (χ0) is 16.1. The first-order valence-corrected chi connectivity index (χ1v) is 9.69. The Morgan fingerprint density at radius 3 is 2.39 bits per heavy atom. The van der Waals surface area contributed by atoms with E-state index in [1.165, 1.54) is 82.5 Å². The number of hydrogen-bond acceptors (Lipinski definition) is 3. The van der Waals surface area contributed by atoms with Gasteiger partial charge in [0.2, 0.25) is 0 Å². The molecule has 2 aliphatic heterocycles. The molecule has 0 saturated carbocycles. The van der Waals surface area contributed by atoms with E-state index in [-0.39, 0.29) is 0 Å². The SMILES string of the molecule is CC(C)CN1CCCC[C@@H]1c1ccc(N2CCCCCC2)nc1. The average Bonchev–Trinajstić information content (AvgIpc) is 2.84. The van der Waals surface area contributed by atoms with Crippen LogP contribution < -0.4 is 4.90 Å². The Bertz CT molecular complexity index is 460. The normalized spacial score (nSPS) is 24.0. The minimum absolute atomic E-state index is 0.580. The Kier molecular flexibility index (Phi) is 5.93. The molecule has 3 heteroatoms. The van der Waals surface area contributed by atoms with Gasteiger partial charge in [-0.25, -0.2) is 4.98 Å². The lowest BCUT2D eigenvalue weighted by Crippen LogP contribution is -2.36. The smallest absolute Gasteiger partial charge is 0.128 e. The highest BCUT2D eigenvalue weighted by Crippen LogP contribution is 2.31. The maximum absolute atomic E-state index is 4.83. The molecule has 0 spiro atoms. The zero-order valence-electron chi connectivity index (χ0n) is 15.0. The number of aromatic nitrogens is 1. The maximum Gasteiger partial charge on any atom is 0.128 e. The molecule has 1 atom stereocenters. The summed E-state index contributed by atoms with van der Waals surface area (Å²) in [7, 11) is 0. The van der Waals surface area contributed by atoms with Gasteiger partial charge >= 0.3 is 0 Å². The van der Waals surface area contributed by atoms with Gasteiger partial charge in [-0.15, -0.1) is 0 Å². The molecule has 2 saturated heterocycles. The molecule has 128 valence electrons. The Labute approximate surface area is 142 Å². The molecule has 23 heavy (non-hydrogen) atoms. The third-order valence-corrected chi connectivity index (χ3v) is 5.30. The van der Waals surface area contributed by atoms with Crippen LogP contribution in [0.3, 0.4) is 0 Å². The number of piperidine rings is 1. The summed E-state index contributed by atoms with van der Waals surface area (Å²) in [6.45, 7) is 9.46. The third-order valence-electron chi connectivity index (χ3n) is 5.30. The summed E-state index contributed by atoms with van der Waals surface area (Å²) >= 11 is 0.